The first-order chi connectivity index (χ1) is 9.36. The Kier molecular flexibility index (Phi) is 6.23. The van der Waals surface area contributed by atoms with Gasteiger partial charge in [-0.3, -0.25) is 9.98 Å². The zero-order chi connectivity index (χ0) is 14.1. The summed E-state index contributed by atoms with van der Waals surface area (Å²) in [5, 5.41) is 2.27. The molecule has 19 heavy (non-hydrogen) atoms. The van der Waals surface area contributed by atoms with Gasteiger partial charge in [-0.1, -0.05) is 50.8 Å². The van der Waals surface area contributed by atoms with Crippen molar-refractivity contribution < 1.29 is 0 Å². The largest absolute Gasteiger partial charge is 0.259 e. The summed E-state index contributed by atoms with van der Waals surface area (Å²) in [6.07, 6.45) is 7.17. The van der Waals surface area contributed by atoms with Gasteiger partial charge in [0.15, 0.2) is 0 Å². The van der Waals surface area contributed by atoms with Crippen molar-refractivity contribution in [2.24, 2.45) is 4.99 Å². The summed E-state index contributed by atoms with van der Waals surface area (Å²) >= 11 is 0. The molecule has 0 aliphatic rings. The molecule has 0 aliphatic carbocycles. The fourth-order valence-corrected chi connectivity index (χ4v) is 1.76. The van der Waals surface area contributed by atoms with Crippen molar-refractivity contribution in [2.45, 2.75) is 20.8 Å². The third-order valence-corrected chi connectivity index (χ3v) is 2.46. The van der Waals surface area contributed by atoms with Crippen molar-refractivity contribution in [3.05, 3.63) is 61.0 Å². The van der Waals surface area contributed by atoms with E-state index in [9.17, 15) is 0 Å². The Hall–Kier alpha value is -2.22. The van der Waals surface area contributed by atoms with Crippen LogP contribution in [0.25, 0.3) is 16.5 Å². The Balaban J connectivity index is 0.000000861. The fraction of sp³-hybridized carbons (Fsp3) is 0.176. The highest BCUT2D eigenvalue weighted by atomic mass is 14.8. The summed E-state index contributed by atoms with van der Waals surface area (Å²) in [5.41, 5.74) is 1.72. The topological polar surface area (TPSA) is 25.2 Å². The van der Waals surface area contributed by atoms with E-state index < -0.39 is 0 Å². The van der Waals surface area contributed by atoms with Gasteiger partial charge in [0.25, 0.3) is 0 Å². The normalized spacial score (nSPS) is 11.2. The average Bonchev–Trinajstić information content (AvgIpc) is 2.48. The van der Waals surface area contributed by atoms with Gasteiger partial charge in [0.05, 0.1) is 11.4 Å². The fourth-order valence-electron chi connectivity index (χ4n) is 1.76. The molecule has 0 fully saturated rings. The molecule has 1 aromatic heterocycles. The van der Waals surface area contributed by atoms with Gasteiger partial charge >= 0.3 is 0 Å². The molecule has 2 aromatic rings. The minimum Gasteiger partial charge on any atom is -0.259 e. The maximum Gasteiger partial charge on any atom is 0.0964 e. The van der Waals surface area contributed by atoms with Crippen molar-refractivity contribution in [1.82, 2.24) is 4.98 Å². The van der Waals surface area contributed by atoms with Crippen molar-refractivity contribution in [1.29, 1.82) is 0 Å². The lowest BCUT2D eigenvalue weighted by Gasteiger charge is -2.05. The first-order valence-electron chi connectivity index (χ1n) is 6.52. The predicted octanol–water partition coefficient (Wildman–Crippen LogP) is 4.88. The molecule has 0 aliphatic heterocycles. The minimum absolute atomic E-state index is 0.833. The van der Waals surface area contributed by atoms with Crippen LogP contribution in [-0.2, 0) is 0 Å². The lowest BCUT2D eigenvalue weighted by molar-refractivity contribution is 1.29. The van der Waals surface area contributed by atoms with Crippen molar-refractivity contribution in [3.8, 4) is 0 Å². The number of rotatable bonds is 3. The molecule has 2 heteroatoms. The SMILES string of the molecule is C=C/C=C(\N=CC)c1nccc2ccccc12.CC. The Morgan fingerprint density at radius 3 is 2.63 bits per heavy atom. The zero-order valence-corrected chi connectivity index (χ0v) is 11.8. The standard InChI is InChI=1S/C15H14N2.C2H6/c1-3-7-14(16-4-2)15-13-9-6-5-8-12(13)10-11-17-15;1-2/h3-11H,1H2,2H3;1-2H3/b14-7-,16-4?;. The van der Waals surface area contributed by atoms with Gasteiger partial charge in [0, 0.05) is 17.8 Å². The van der Waals surface area contributed by atoms with Crippen LogP contribution in [0.15, 0.2) is 60.3 Å². The molecular weight excluding hydrogens is 232 g/mol. The summed E-state index contributed by atoms with van der Waals surface area (Å²) in [6, 6.07) is 10.2. The smallest absolute Gasteiger partial charge is 0.0964 e. The molecule has 1 aromatic carbocycles. The average molecular weight is 252 g/mol. The number of aliphatic imine (C=N–C) groups is 1. The van der Waals surface area contributed by atoms with E-state index >= 15 is 0 Å². The maximum absolute atomic E-state index is 4.41. The summed E-state index contributed by atoms with van der Waals surface area (Å²) in [4.78, 5) is 8.75. The Morgan fingerprint density at radius 2 is 1.95 bits per heavy atom. The van der Waals surface area contributed by atoms with Gasteiger partial charge in [-0.15, -0.1) is 0 Å². The quantitative estimate of drug-likeness (QED) is 0.564. The third kappa shape index (κ3) is 3.62. The number of allylic oxidation sites excluding steroid dienone is 2. The van der Waals surface area contributed by atoms with E-state index in [0.717, 1.165) is 16.8 Å². The minimum atomic E-state index is 0.833. The third-order valence-electron chi connectivity index (χ3n) is 2.46. The highest BCUT2D eigenvalue weighted by Crippen LogP contribution is 2.23. The number of hydrogen-bond donors (Lipinski definition) is 0. The Bertz CT molecular complexity index is 590. The number of pyridine rings is 1. The van der Waals surface area contributed by atoms with Gasteiger partial charge in [0.1, 0.15) is 0 Å². The van der Waals surface area contributed by atoms with Crippen molar-refractivity contribution in [3.63, 3.8) is 0 Å². The molecule has 98 valence electrons. The number of nitrogens with zero attached hydrogens (tertiary/aromatic N) is 2. The highest BCUT2D eigenvalue weighted by molar-refractivity contribution is 5.92. The molecule has 0 atom stereocenters. The highest BCUT2D eigenvalue weighted by Gasteiger charge is 2.05. The second kappa shape index (κ2) is 7.98. The van der Waals surface area contributed by atoms with Gasteiger partial charge < -0.3 is 0 Å². The van der Waals surface area contributed by atoms with Crippen LogP contribution in [0.1, 0.15) is 26.5 Å². The lowest BCUT2D eigenvalue weighted by Crippen LogP contribution is -1.89. The molecule has 0 N–H and O–H groups in total. The molecule has 0 spiro atoms. The zero-order valence-electron chi connectivity index (χ0n) is 11.8. The molecule has 0 amide bonds. The Morgan fingerprint density at radius 1 is 1.21 bits per heavy atom. The van der Waals surface area contributed by atoms with E-state index in [1.807, 2.05) is 45.0 Å². The number of hydrogen-bond acceptors (Lipinski definition) is 2. The molecular formula is C17H20N2. The van der Waals surface area contributed by atoms with Gasteiger partial charge in [-0.2, -0.15) is 0 Å². The summed E-state index contributed by atoms with van der Waals surface area (Å²) in [7, 11) is 0. The van der Waals surface area contributed by atoms with Crippen molar-refractivity contribution >= 4 is 22.7 Å². The number of fused-ring (bicyclic) bond motifs is 1. The van der Waals surface area contributed by atoms with E-state index in [1.54, 1.807) is 18.5 Å². The maximum atomic E-state index is 4.41. The molecule has 0 saturated carbocycles. The summed E-state index contributed by atoms with van der Waals surface area (Å²) in [5.74, 6) is 0. The molecule has 2 nitrogen and oxygen atoms in total. The molecule has 0 saturated heterocycles. The van der Waals surface area contributed by atoms with Gasteiger partial charge in [0.2, 0.25) is 0 Å². The molecule has 0 unspecified atom stereocenters. The summed E-state index contributed by atoms with van der Waals surface area (Å²) in [6.45, 7) is 9.60. The van der Waals surface area contributed by atoms with E-state index in [0.29, 0.717) is 0 Å². The molecule has 0 bridgehead atoms. The van der Waals surface area contributed by atoms with E-state index in [2.05, 4.69) is 28.7 Å². The Labute approximate surface area is 115 Å². The van der Waals surface area contributed by atoms with Crippen LogP contribution in [0.3, 0.4) is 0 Å². The predicted molar refractivity (Wildman–Crippen MR) is 85.4 cm³/mol. The first-order valence-corrected chi connectivity index (χ1v) is 6.52. The first kappa shape index (κ1) is 14.8. The van der Waals surface area contributed by atoms with E-state index in [4.69, 9.17) is 0 Å². The molecule has 2 rings (SSSR count). The summed E-state index contributed by atoms with van der Waals surface area (Å²) < 4.78 is 0. The van der Waals surface area contributed by atoms with Crippen LogP contribution in [0.4, 0.5) is 0 Å². The second-order valence-electron chi connectivity index (χ2n) is 3.56. The van der Waals surface area contributed by atoms with Gasteiger partial charge in [-0.05, 0) is 24.5 Å². The molecule has 0 radical (unpaired) electrons. The number of aromatic nitrogens is 1. The van der Waals surface area contributed by atoms with Crippen LogP contribution in [0, 0.1) is 0 Å². The monoisotopic (exact) mass is 252 g/mol. The van der Waals surface area contributed by atoms with Crippen molar-refractivity contribution in [2.75, 3.05) is 0 Å². The van der Waals surface area contributed by atoms with Crippen LogP contribution in [-0.4, -0.2) is 11.2 Å². The number of benzene rings is 1. The van der Waals surface area contributed by atoms with E-state index in [-0.39, 0.29) is 0 Å². The second-order valence-corrected chi connectivity index (χ2v) is 3.56. The van der Waals surface area contributed by atoms with Crippen LogP contribution < -0.4 is 0 Å². The van der Waals surface area contributed by atoms with Crippen LogP contribution in [0.2, 0.25) is 0 Å². The van der Waals surface area contributed by atoms with Crippen LogP contribution in [0.5, 0.6) is 0 Å². The molecule has 1 heterocycles. The van der Waals surface area contributed by atoms with Gasteiger partial charge in [-0.25, -0.2) is 0 Å². The van der Waals surface area contributed by atoms with Crippen LogP contribution >= 0.6 is 0 Å². The van der Waals surface area contributed by atoms with E-state index in [1.165, 1.54) is 5.39 Å². The lowest BCUT2D eigenvalue weighted by atomic mass is 10.1.